The number of benzene rings is 2. The number of hydrogen-bond donors (Lipinski definition) is 1. The number of hydrogen-bond acceptors (Lipinski definition) is 6. The lowest BCUT2D eigenvalue weighted by Gasteiger charge is -2.20. The van der Waals surface area contributed by atoms with Crippen LogP contribution in [0.2, 0.25) is 10.0 Å². The summed E-state index contributed by atoms with van der Waals surface area (Å²) in [5.74, 6) is 0.445. The van der Waals surface area contributed by atoms with Crippen molar-refractivity contribution in [3.63, 3.8) is 0 Å². The Hall–Kier alpha value is -2.18. The zero-order valence-electron chi connectivity index (χ0n) is 15.1. The molecule has 0 saturated heterocycles. The van der Waals surface area contributed by atoms with Crippen LogP contribution in [0.25, 0.3) is 0 Å². The number of phenols is 1. The first-order chi connectivity index (χ1) is 13.2. The summed E-state index contributed by atoms with van der Waals surface area (Å²) in [6.45, 7) is -0.409. The van der Waals surface area contributed by atoms with E-state index in [1.54, 1.807) is 18.2 Å². The quantitative estimate of drug-likeness (QED) is 0.625. The molecule has 10 heteroatoms. The van der Waals surface area contributed by atoms with Gasteiger partial charge in [0.05, 0.1) is 25.3 Å². The Labute approximate surface area is 173 Å². The lowest BCUT2D eigenvalue weighted by atomic mass is 10.1. The number of nitriles is 1. The molecular formula is C18H18Cl2N2O5S. The number of nitrogens with zero attached hydrogens (tertiary/aromatic N) is 2. The number of phenolic OH excluding ortho intramolecular Hbond substituents is 1. The third-order valence-electron chi connectivity index (χ3n) is 3.96. The summed E-state index contributed by atoms with van der Waals surface area (Å²) in [6, 6.07) is 9.36. The molecule has 0 amide bonds. The molecule has 0 unspecified atom stereocenters. The number of ether oxygens (including phenoxy) is 2. The van der Waals surface area contributed by atoms with Crippen molar-refractivity contribution in [1.29, 1.82) is 5.26 Å². The molecule has 0 radical (unpaired) electrons. The van der Waals surface area contributed by atoms with Crippen molar-refractivity contribution in [1.82, 2.24) is 4.31 Å². The summed E-state index contributed by atoms with van der Waals surface area (Å²) in [5.41, 5.74) is 0.782. The van der Waals surface area contributed by atoms with Crippen molar-refractivity contribution < 1.29 is 23.0 Å². The maximum Gasteiger partial charge on any atom is 0.247 e. The summed E-state index contributed by atoms with van der Waals surface area (Å²) >= 11 is 11.7. The third kappa shape index (κ3) is 4.80. The molecule has 0 aliphatic heterocycles. The van der Waals surface area contributed by atoms with Crippen molar-refractivity contribution in [3.8, 4) is 23.3 Å². The molecule has 0 bridgehead atoms. The first kappa shape index (κ1) is 22.1. The summed E-state index contributed by atoms with van der Waals surface area (Å²) in [7, 11) is -1.19. The van der Waals surface area contributed by atoms with Crippen LogP contribution in [0, 0.1) is 11.3 Å². The second-order valence-electron chi connectivity index (χ2n) is 5.67. The van der Waals surface area contributed by atoms with Crippen molar-refractivity contribution >= 4 is 33.2 Å². The Morgan fingerprint density at radius 1 is 1.14 bits per heavy atom. The fraction of sp³-hybridized carbons (Fsp3) is 0.278. The van der Waals surface area contributed by atoms with Gasteiger partial charge in [-0.05, 0) is 36.2 Å². The van der Waals surface area contributed by atoms with E-state index in [9.17, 15) is 13.5 Å². The molecule has 0 heterocycles. The Morgan fingerprint density at radius 3 is 2.43 bits per heavy atom. The van der Waals surface area contributed by atoms with E-state index in [0.717, 1.165) is 15.9 Å². The van der Waals surface area contributed by atoms with Gasteiger partial charge in [-0.25, -0.2) is 8.42 Å². The lowest BCUT2D eigenvalue weighted by Crippen LogP contribution is -2.33. The Morgan fingerprint density at radius 2 is 1.82 bits per heavy atom. The maximum atomic E-state index is 12.9. The first-order valence-corrected chi connectivity index (χ1v) is 10.2. The predicted octanol–water partition coefficient (Wildman–Crippen LogP) is 3.47. The Bertz CT molecular complexity index is 1010. The van der Waals surface area contributed by atoms with Gasteiger partial charge in [0.15, 0.2) is 17.2 Å². The fourth-order valence-electron chi connectivity index (χ4n) is 2.53. The molecule has 0 aliphatic rings. The van der Waals surface area contributed by atoms with Gasteiger partial charge in [0.1, 0.15) is 11.4 Å². The van der Waals surface area contributed by atoms with Crippen LogP contribution in [-0.2, 0) is 16.4 Å². The van der Waals surface area contributed by atoms with E-state index in [4.69, 9.17) is 37.9 Å². The van der Waals surface area contributed by atoms with Crippen LogP contribution in [0.1, 0.15) is 5.56 Å². The molecule has 1 N–H and O–H groups in total. The van der Waals surface area contributed by atoms with Gasteiger partial charge in [0, 0.05) is 11.6 Å². The minimum atomic E-state index is -4.20. The Kier molecular flexibility index (Phi) is 7.38. The smallest absolute Gasteiger partial charge is 0.247 e. The molecule has 150 valence electrons. The zero-order valence-corrected chi connectivity index (χ0v) is 17.5. The summed E-state index contributed by atoms with van der Waals surface area (Å²) in [6.07, 6.45) is 0.302. The molecule has 2 rings (SSSR count). The van der Waals surface area contributed by atoms with Gasteiger partial charge in [0.2, 0.25) is 10.0 Å². The van der Waals surface area contributed by atoms with E-state index in [2.05, 4.69) is 0 Å². The number of halogens is 2. The highest BCUT2D eigenvalue weighted by Gasteiger charge is 2.28. The summed E-state index contributed by atoms with van der Waals surface area (Å²) in [4.78, 5) is -0.451. The molecule has 0 atom stereocenters. The maximum absolute atomic E-state index is 12.9. The van der Waals surface area contributed by atoms with Crippen LogP contribution in [0.5, 0.6) is 17.2 Å². The number of rotatable bonds is 8. The second kappa shape index (κ2) is 9.34. The highest BCUT2D eigenvalue weighted by Crippen LogP contribution is 2.36. The largest absolute Gasteiger partial charge is 0.505 e. The van der Waals surface area contributed by atoms with Gasteiger partial charge in [-0.3, -0.25) is 0 Å². The van der Waals surface area contributed by atoms with E-state index in [-0.39, 0.29) is 16.6 Å². The molecule has 7 nitrogen and oxygen atoms in total. The monoisotopic (exact) mass is 444 g/mol. The highest BCUT2D eigenvalue weighted by molar-refractivity contribution is 7.89. The average Bonchev–Trinajstić information content (AvgIpc) is 2.67. The van der Waals surface area contributed by atoms with Gasteiger partial charge in [-0.2, -0.15) is 9.57 Å². The van der Waals surface area contributed by atoms with Crippen molar-refractivity contribution in [3.05, 3.63) is 45.9 Å². The summed E-state index contributed by atoms with van der Waals surface area (Å²) in [5, 5.41) is 19.0. The Balaban J connectivity index is 2.32. The molecule has 0 aromatic heterocycles. The lowest BCUT2D eigenvalue weighted by molar-refractivity contribution is 0.354. The molecule has 28 heavy (non-hydrogen) atoms. The SMILES string of the molecule is COc1ccc(CCN(CC#N)S(=O)(=O)c2cc(Cl)cc(Cl)c2O)cc1OC. The van der Waals surface area contributed by atoms with E-state index in [1.807, 2.05) is 6.07 Å². The second-order valence-corrected chi connectivity index (χ2v) is 8.42. The zero-order chi connectivity index (χ0) is 20.9. The van der Waals surface area contributed by atoms with Gasteiger partial charge in [-0.1, -0.05) is 29.3 Å². The molecule has 2 aromatic carbocycles. The van der Waals surface area contributed by atoms with Crippen molar-refractivity contribution in [2.24, 2.45) is 0 Å². The number of aromatic hydroxyl groups is 1. The van der Waals surface area contributed by atoms with E-state index in [0.29, 0.717) is 17.9 Å². The molecule has 2 aromatic rings. The van der Waals surface area contributed by atoms with Crippen molar-refractivity contribution in [2.45, 2.75) is 11.3 Å². The van der Waals surface area contributed by atoms with Crippen LogP contribution >= 0.6 is 23.2 Å². The van der Waals surface area contributed by atoms with Crippen LogP contribution in [0.15, 0.2) is 35.2 Å². The minimum Gasteiger partial charge on any atom is -0.505 e. The fourth-order valence-corrected chi connectivity index (χ4v) is 4.61. The van der Waals surface area contributed by atoms with E-state index >= 15 is 0 Å². The van der Waals surface area contributed by atoms with Gasteiger partial charge >= 0.3 is 0 Å². The van der Waals surface area contributed by atoms with Crippen LogP contribution < -0.4 is 9.47 Å². The van der Waals surface area contributed by atoms with Gasteiger partial charge < -0.3 is 14.6 Å². The third-order valence-corrected chi connectivity index (χ3v) is 6.32. The molecule has 0 saturated carbocycles. The average molecular weight is 445 g/mol. The van der Waals surface area contributed by atoms with E-state index in [1.165, 1.54) is 20.3 Å². The minimum absolute atomic E-state index is 0.00501. The van der Waals surface area contributed by atoms with Crippen LogP contribution in [-0.4, -0.2) is 45.1 Å². The summed E-state index contributed by atoms with van der Waals surface area (Å²) < 4.78 is 37.3. The standard InChI is InChI=1S/C18H18Cl2N2O5S/c1-26-15-4-3-12(9-16(15)27-2)5-7-22(8-6-21)28(24,25)17-11-13(19)10-14(20)18(17)23/h3-4,9-11,23H,5,7-8H2,1-2H3. The highest BCUT2D eigenvalue weighted by atomic mass is 35.5. The first-order valence-electron chi connectivity index (χ1n) is 8.00. The molecular weight excluding hydrogens is 427 g/mol. The predicted molar refractivity (Wildman–Crippen MR) is 106 cm³/mol. The van der Waals surface area contributed by atoms with Crippen molar-refractivity contribution in [2.75, 3.05) is 27.3 Å². The van der Waals surface area contributed by atoms with Gasteiger partial charge in [0.25, 0.3) is 0 Å². The topological polar surface area (TPSA) is 99.9 Å². The molecule has 0 spiro atoms. The van der Waals surface area contributed by atoms with Crippen LogP contribution in [0.3, 0.4) is 0 Å². The molecule has 0 fully saturated rings. The molecule has 0 aliphatic carbocycles. The normalized spacial score (nSPS) is 11.3. The number of methoxy groups -OCH3 is 2. The number of sulfonamides is 1. The van der Waals surface area contributed by atoms with Gasteiger partial charge in [-0.15, -0.1) is 0 Å². The van der Waals surface area contributed by atoms with Crippen LogP contribution in [0.4, 0.5) is 0 Å². The van der Waals surface area contributed by atoms with E-state index < -0.39 is 27.2 Å².